The summed E-state index contributed by atoms with van der Waals surface area (Å²) in [6, 6.07) is -1.02. The van der Waals surface area contributed by atoms with E-state index in [1.54, 1.807) is 11.8 Å². The van der Waals surface area contributed by atoms with Gasteiger partial charge in [0.15, 0.2) is 0 Å². The highest BCUT2D eigenvalue weighted by molar-refractivity contribution is 8.00. The van der Waals surface area contributed by atoms with Crippen LogP contribution in [0.2, 0.25) is 0 Å². The van der Waals surface area contributed by atoms with E-state index in [2.05, 4.69) is 11.2 Å². The molecule has 0 radical (unpaired) electrons. The van der Waals surface area contributed by atoms with E-state index in [0.29, 0.717) is 24.6 Å². The fourth-order valence-electron chi connectivity index (χ4n) is 2.05. The topological polar surface area (TPSA) is 69.6 Å². The Hall–Kier alpha value is -1.35. The van der Waals surface area contributed by atoms with Crippen molar-refractivity contribution in [2.75, 3.05) is 12.3 Å². The van der Waals surface area contributed by atoms with Crippen LogP contribution in [0, 0.1) is 18.3 Å². The Bertz CT molecular complexity index is 389. The van der Waals surface area contributed by atoms with Crippen LogP contribution in [0.15, 0.2) is 0 Å². The smallest absolute Gasteiger partial charge is 0.327 e. The molecule has 1 saturated carbocycles. The largest absolute Gasteiger partial charge is 0.480 e. The van der Waals surface area contributed by atoms with Crippen molar-refractivity contribution in [3.05, 3.63) is 0 Å². The molecule has 1 saturated heterocycles. The van der Waals surface area contributed by atoms with Crippen LogP contribution in [-0.2, 0) is 4.79 Å². The van der Waals surface area contributed by atoms with Crippen LogP contribution in [0.1, 0.15) is 19.3 Å². The maximum Gasteiger partial charge on any atom is 0.327 e. The van der Waals surface area contributed by atoms with Gasteiger partial charge in [0.2, 0.25) is 0 Å². The number of rotatable bonds is 4. The summed E-state index contributed by atoms with van der Waals surface area (Å²) in [7, 11) is 0. The lowest BCUT2D eigenvalue weighted by Crippen LogP contribution is -2.50. The number of nitrogens with one attached hydrogen (secondary N) is 1. The Morgan fingerprint density at radius 2 is 2.22 bits per heavy atom. The van der Waals surface area contributed by atoms with E-state index < -0.39 is 12.0 Å². The summed E-state index contributed by atoms with van der Waals surface area (Å²) < 4.78 is 0. The average Bonchev–Trinajstić information content (AvgIpc) is 3.07. The third-order valence-corrected chi connectivity index (χ3v) is 4.59. The Morgan fingerprint density at radius 1 is 1.50 bits per heavy atom. The van der Waals surface area contributed by atoms with E-state index in [1.807, 2.05) is 0 Å². The number of carboxylic acid groups (broad SMARTS) is 1. The maximum atomic E-state index is 12.0. The number of carboxylic acids is 1. The molecule has 1 heterocycles. The van der Waals surface area contributed by atoms with Gasteiger partial charge in [-0.1, -0.05) is 0 Å². The molecule has 0 spiro atoms. The predicted molar refractivity (Wildman–Crippen MR) is 69.1 cm³/mol. The van der Waals surface area contributed by atoms with Gasteiger partial charge >= 0.3 is 12.0 Å². The Labute approximate surface area is 110 Å². The highest BCUT2D eigenvalue weighted by Crippen LogP contribution is 2.45. The van der Waals surface area contributed by atoms with Crippen molar-refractivity contribution in [2.45, 2.75) is 30.7 Å². The van der Waals surface area contributed by atoms with Gasteiger partial charge in [0, 0.05) is 18.7 Å². The number of aliphatic carboxylic acids is 1. The zero-order chi connectivity index (χ0) is 13.1. The second-order valence-corrected chi connectivity index (χ2v) is 5.66. The number of amides is 2. The molecular weight excluding hydrogens is 252 g/mol. The molecule has 1 aliphatic heterocycles. The molecule has 2 amide bonds. The molecule has 2 aliphatic rings. The van der Waals surface area contributed by atoms with E-state index in [-0.39, 0.29) is 11.4 Å². The van der Waals surface area contributed by atoms with Crippen LogP contribution in [0.5, 0.6) is 0 Å². The van der Waals surface area contributed by atoms with Crippen molar-refractivity contribution in [3.8, 4) is 12.3 Å². The number of urea groups is 1. The molecule has 0 bridgehead atoms. The van der Waals surface area contributed by atoms with Crippen LogP contribution in [0.3, 0.4) is 0 Å². The number of carbonyl (C=O) groups excluding carboxylic acids is 1. The molecule has 98 valence electrons. The first-order valence-corrected chi connectivity index (χ1v) is 7.04. The molecule has 0 aromatic heterocycles. The first-order valence-electron chi connectivity index (χ1n) is 5.99. The number of terminal acetylenes is 1. The minimum absolute atomic E-state index is 0.0111. The summed E-state index contributed by atoms with van der Waals surface area (Å²) >= 11 is 1.57. The van der Waals surface area contributed by atoms with Gasteiger partial charge in [-0.05, 0) is 18.8 Å². The van der Waals surface area contributed by atoms with Crippen molar-refractivity contribution < 1.29 is 14.7 Å². The van der Waals surface area contributed by atoms with Crippen molar-refractivity contribution in [2.24, 2.45) is 5.92 Å². The molecule has 1 aliphatic carbocycles. The molecule has 2 N–H and O–H groups in total. The molecule has 2 atom stereocenters. The fourth-order valence-corrected chi connectivity index (χ4v) is 3.68. The van der Waals surface area contributed by atoms with Crippen molar-refractivity contribution >= 4 is 23.8 Å². The van der Waals surface area contributed by atoms with E-state index in [0.717, 1.165) is 12.8 Å². The lowest BCUT2D eigenvalue weighted by atomic mass is 10.2. The fraction of sp³-hybridized carbons (Fsp3) is 0.667. The first kappa shape index (κ1) is 13.1. The first-order chi connectivity index (χ1) is 8.65. The molecule has 18 heavy (non-hydrogen) atoms. The minimum atomic E-state index is -0.933. The third kappa shape index (κ3) is 2.72. The summed E-state index contributed by atoms with van der Waals surface area (Å²) in [6.45, 7) is 0.389. The van der Waals surface area contributed by atoms with Crippen LogP contribution >= 0.6 is 11.8 Å². The SMILES string of the molecule is C#CCCNC(=O)N1C(C(=O)O)CSC1C1CC1. The van der Waals surface area contributed by atoms with Crippen molar-refractivity contribution in [3.63, 3.8) is 0 Å². The monoisotopic (exact) mass is 268 g/mol. The zero-order valence-electron chi connectivity index (χ0n) is 9.96. The quantitative estimate of drug-likeness (QED) is 0.588. The second kappa shape index (κ2) is 5.53. The van der Waals surface area contributed by atoms with Crippen molar-refractivity contribution in [1.29, 1.82) is 0 Å². The Balaban J connectivity index is 2.01. The molecule has 2 unspecified atom stereocenters. The molecular formula is C12H16N2O3S. The number of carbonyl (C=O) groups is 2. The number of hydrogen-bond acceptors (Lipinski definition) is 3. The predicted octanol–water partition coefficient (Wildman–Crippen LogP) is 0.957. The number of hydrogen-bond donors (Lipinski definition) is 2. The molecule has 2 rings (SSSR count). The van der Waals surface area contributed by atoms with Crippen LogP contribution in [0.25, 0.3) is 0 Å². The van der Waals surface area contributed by atoms with E-state index in [1.165, 1.54) is 4.90 Å². The summed E-state index contributed by atoms with van der Waals surface area (Å²) in [5.74, 6) is 2.43. The third-order valence-electron chi connectivity index (χ3n) is 3.13. The normalized spacial score (nSPS) is 26.7. The van der Waals surface area contributed by atoms with Crippen LogP contribution in [-0.4, -0.2) is 45.7 Å². The Morgan fingerprint density at radius 3 is 2.78 bits per heavy atom. The Kier molecular flexibility index (Phi) is 4.02. The maximum absolute atomic E-state index is 12.0. The molecule has 2 fully saturated rings. The van der Waals surface area contributed by atoms with Gasteiger partial charge in [-0.2, -0.15) is 0 Å². The molecule has 0 aromatic carbocycles. The lowest BCUT2D eigenvalue weighted by molar-refractivity contribution is -0.141. The van der Waals surface area contributed by atoms with Crippen LogP contribution < -0.4 is 5.32 Å². The van der Waals surface area contributed by atoms with Crippen molar-refractivity contribution in [1.82, 2.24) is 10.2 Å². The summed E-state index contributed by atoms with van der Waals surface area (Å²) in [5.41, 5.74) is 0. The van der Waals surface area contributed by atoms with Gasteiger partial charge < -0.3 is 10.4 Å². The minimum Gasteiger partial charge on any atom is -0.480 e. The average molecular weight is 268 g/mol. The number of thioether (sulfide) groups is 1. The van der Waals surface area contributed by atoms with Gasteiger partial charge in [-0.25, -0.2) is 9.59 Å². The zero-order valence-corrected chi connectivity index (χ0v) is 10.8. The van der Waals surface area contributed by atoms with Gasteiger partial charge in [0.05, 0.1) is 5.37 Å². The highest BCUT2D eigenvalue weighted by Gasteiger charge is 2.47. The van der Waals surface area contributed by atoms with E-state index in [4.69, 9.17) is 11.5 Å². The van der Waals surface area contributed by atoms with Gasteiger partial charge in [0.25, 0.3) is 0 Å². The van der Waals surface area contributed by atoms with E-state index in [9.17, 15) is 9.59 Å². The molecule has 0 aromatic rings. The van der Waals surface area contributed by atoms with Gasteiger partial charge in [-0.15, -0.1) is 24.1 Å². The lowest BCUT2D eigenvalue weighted by Gasteiger charge is -2.27. The summed E-state index contributed by atoms with van der Waals surface area (Å²) in [4.78, 5) is 24.7. The second-order valence-electron chi connectivity index (χ2n) is 4.51. The highest BCUT2D eigenvalue weighted by atomic mass is 32.2. The van der Waals surface area contributed by atoms with E-state index >= 15 is 0 Å². The number of nitrogens with zero attached hydrogens (tertiary/aromatic N) is 1. The molecule has 5 nitrogen and oxygen atoms in total. The molecule has 6 heteroatoms. The van der Waals surface area contributed by atoms with Gasteiger partial charge in [0.1, 0.15) is 6.04 Å². The van der Waals surface area contributed by atoms with Gasteiger partial charge in [-0.3, -0.25) is 4.90 Å². The summed E-state index contributed by atoms with van der Waals surface area (Å²) in [5, 5.41) is 11.9. The van der Waals surface area contributed by atoms with Crippen LogP contribution in [0.4, 0.5) is 4.79 Å². The standard InChI is InChI=1S/C12H16N2O3S/c1-2-3-6-13-12(17)14-9(11(15)16)7-18-10(14)8-4-5-8/h1,8-10H,3-7H2,(H,13,17)(H,15,16). The summed E-state index contributed by atoms with van der Waals surface area (Å²) in [6.07, 6.45) is 7.74.